The van der Waals surface area contributed by atoms with Crippen molar-refractivity contribution < 1.29 is 9.31 Å². The van der Waals surface area contributed by atoms with E-state index in [0.29, 0.717) is 13.0 Å². The van der Waals surface area contributed by atoms with Gasteiger partial charge in [0.25, 0.3) is 5.69 Å². The van der Waals surface area contributed by atoms with Crippen molar-refractivity contribution in [2.75, 3.05) is 11.9 Å². The molecule has 0 amide bonds. The van der Waals surface area contributed by atoms with Gasteiger partial charge in [0, 0.05) is 25.9 Å². The van der Waals surface area contributed by atoms with E-state index >= 15 is 0 Å². The smallest absolute Gasteiger partial charge is 0.272 e. The number of hydrogen-bond acceptors (Lipinski definition) is 4. The highest BCUT2D eigenvalue weighted by Gasteiger charge is 2.10. The van der Waals surface area contributed by atoms with Gasteiger partial charge in [0.2, 0.25) is 0 Å². The lowest BCUT2D eigenvalue weighted by Crippen LogP contribution is -2.06. The molecule has 0 saturated carbocycles. The van der Waals surface area contributed by atoms with Crippen molar-refractivity contribution in [1.29, 1.82) is 0 Å². The van der Waals surface area contributed by atoms with E-state index in [1.807, 2.05) is 13.2 Å². The SMILES string of the molecule is Cn1cc(CCNc2ccc([N+](=O)[O-])cc2F)cn1. The molecule has 1 N–H and O–H groups in total. The van der Waals surface area contributed by atoms with Crippen molar-refractivity contribution in [3.8, 4) is 0 Å². The van der Waals surface area contributed by atoms with Crippen molar-refractivity contribution in [1.82, 2.24) is 9.78 Å². The minimum absolute atomic E-state index is 0.254. The summed E-state index contributed by atoms with van der Waals surface area (Å²) in [5.74, 6) is -0.625. The first kappa shape index (κ1) is 13.0. The minimum atomic E-state index is -0.625. The van der Waals surface area contributed by atoms with Gasteiger partial charge < -0.3 is 5.32 Å². The number of nitrogens with zero attached hydrogens (tertiary/aromatic N) is 3. The lowest BCUT2D eigenvalue weighted by atomic mass is 10.2. The summed E-state index contributed by atoms with van der Waals surface area (Å²) in [7, 11) is 1.83. The molecule has 1 aromatic heterocycles. The number of aromatic nitrogens is 2. The van der Waals surface area contributed by atoms with E-state index in [4.69, 9.17) is 0 Å². The van der Waals surface area contributed by atoms with Crippen LogP contribution in [0.15, 0.2) is 30.6 Å². The van der Waals surface area contributed by atoms with Crippen LogP contribution in [0.4, 0.5) is 15.8 Å². The van der Waals surface area contributed by atoms with Crippen LogP contribution in [-0.4, -0.2) is 21.2 Å². The number of non-ortho nitro benzene ring substituents is 1. The fourth-order valence-electron chi connectivity index (χ4n) is 1.70. The van der Waals surface area contributed by atoms with Gasteiger partial charge in [0.15, 0.2) is 5.82 Å². The van der Waals surface area contributed by atoms with Gasteiger partial charge >= 0.3 is 0 Å². The van der Waals surface area contributed by atoms with Gasteiger partial charge in [-0.3, -0.25) is 14.8 Å². The van der Waals surface area contributed by atoms with Crippen LogP contribution in [0.2, 0.25) is 0 Å². The Morgan fingerprint density at radius 2 is 2.32 bits per heavy atom. The van der Waals surface area contributed by atoms with Gasteiger partial charge in [-0.2, -0.15) is 5.10 Å². The van der Waals surface area contributed by atoms with Crippen LogP contribution in [0.25, 0.3) is 0 Å². The van der Waals surface area contributed by atoms with Crippen LogP contribution in [0, 0.1) is 15.9 Å². The summed E-state index contributed by atoms with van der Waals surface area (Å²) in [6.45, 7) is 0.528. The van der Waals surface area contributed by atoms with E-state index in [0.717, 1.165) is 11.6 Å². The fraction of sp³-hybridized carbons (Fsp3) is 0.250. The molecule has 1 aromatic carbocycles. The molecule has 0 aliphatic heterocycles. The van der Waals surface area contributed by atoms with Crippen LogP contribution < -0.4 is 5.32 Å². The van der Waals surface area contributed by atoms with E-state index in [9.17, 15) is 14.5 Å². The second-order valence-electron chi connectivity index (χ2n) is 4.12. The normalized spacial score (nSPS) is 10.4. The van der Waals surface area contributed by atoms with Crippen LogP contribution in [0.3, 0.4) is 0 Å². The molecule has 2 rings (SSSR count). The zero-order valence-electron chi connectivity index (χ0n) is 10.3. The second kappa shape index (κ2) is 5.47. The van der Waals surface area contributed by atoms with E-state index in [-0.39, 0.29) is 11.4 Å². The van der Waals surface area contributed by atoms with E-state index in [1.165, 1.54) is 12.1 Å². The summed E-state index contributed by atoms with van der Waals surface area (Å²) in [6.07, 6.45) is 4.33. The first-order valence-corrected chi connectivity index (χ1v) is 5.71. The van der Waals surface area contributed by atoms with Gasteiger partial charge in [0.05, 0.1) is 22.9 Å². The lowest BCUT2D eigenvalue weighted by Gasteiger charge is -2.06. The number of anilines is 1. The molecule has 19 heavy (non-hydrogen) atoms. The van der Waals surface area contributed by atoms with Crippen LogP contribution >= 0.6 is 0 Å². The third kappa shape index (κ3) is 3.27. The highest BCUT2D eigenvalue weighted by Crippen LogP contribution is 2.20. The highest BCUT2D eigenvalue weighted by atomic mass is 19.1. The van der Waals surface area contributed by atoms with Crippen molar-refractivity contribution >= 4 is 11.4 Å². The molecule has 6 nitrogen and oxygen atoms in total. The molecule has 0 radical (unpaired) electrons. The van der Waals surface area contributed by atoms with Crippen molar-refractivity contribution in [3.63, 3.8) is 0 Å². The number of aryl methyl sites for hydroxylation is 1. The Morgan fingerprint density at radius 3 is 2.89 bits per heavy atom. The number of nitro groups is 1. The minimum Gasteiger partial charge on any atom is -0.382 e. The predicted molar refractivity (Wildman–Crippen MR) is 68.5 cm³/mol. The number of hydrogen-bond donors (Lipinski definition) is 1. The number of rotatable bonds is 5. The maximum absolute atomic E-state index is 13.6. The summed E-state index contributed by atoms with van der Waals surface area (Å²) in [5, 5.41) is 17.4. The largest absolute Gasteiger partial charge is 0.382 e. The van der Waals surface area contributed by atoms with Crippen molar-refractivity contribution in [2.45, 2.75) is 6.42 Å². The average molecular weight is 264 g/mol. The molecule has 0 aliphatic rings. The topological polar surface area (TPSA) is 73.0 Å². The second-order valence-corrected chi connectivity index (χ2v) is 4.12. The molecule has 0 fully saturated rings. The number of halogens is 1. The Morgan fingerprint density at radius 1 is 1.53 bits per heavy atom. The van der Waals surface area contributed by atoms with Gasteiger partial charge in [0.1, 0.15) is 0 Å². The maximum atomic E-state index is 13.6. The Hall–Kier alpha value is -2.44. The molecule has 0 unspecified atom stereocenters. The molecule has 0 spiro atoms. The first-order valence-electron chi connectivity index (χ1n) is 5.71. The Labute approximate surface area is 109 Å². The summed E-state index contributed by atoms with van der Waals surface area (Å²) in [5.41, 5.74) is 1.04. The molecular weight excluding hydrogens is 251 g/mol. The van der Waals surface area contributed by atoms with Crippen LogP contribution in [0.1, 0.15) is 5.56 Å². The molecule has 0 atom stereocenters. The molecule has 2 aromatic rings. The number of benzene rings is 1. The molecule has 0 bridgehead atoms. The Bertz CT molecular complexity index is 597. The summed E-state index contributed by atoms with van der Waals surface area (Å²) < 4.78 is 15.3. The molecule has 1 heterocycles. The lowest BCUT2D eigenvalue weighted by molar-refractivity contribution is -0.385. The standard InChI is InChI=1S/C12H13FN4O2/c1-16-8-9(7-15-16)4-5-14-12-3-2-10(17(18)19)6-11(12)13/h2-3,6-8,14H,4-5H2,1H3. The van der Waals surface area contributed by atoms with E-state index in [1.54, 1.807) is 10.9 Å². The molecule has 7 heteroatoms. The molecule has 100 valence electrons. The third-order valence-electron chi connectivity index (χ3n) is 2.65. The van der Waals surface area contributed by atoms with Gasteiger partial charge in [-0.1, -0.05) is 0 Å². The summed E-state index contributed by atoms with van der Waals surface area (Å²) >= 11 is 0. The van der Waals surface area contributed by atoms with Crippen molar-refractivity contribution in [3.05, 3.63) is 52.1 Å². The van der Waals surface area contributed by atoms with Gasteiger partial charge in [-0.15, -0.1) is 0 Å². The maximum Gasteiger partial charge on any atom is 0.272 e. The zero-order valence-corrected chi connectivity index (χ0v) is 10.3. The quantitative estimate of drug-likeness (QED) is 0.663. The van der Waals surface area contributed by atoms with Gasteiger partial charge in [-0.25, -0.2) is 4.39 Å². The first-order chi connectivity index (χ1) is 9.06. The molecule has 0 aliphatic carbocycles. The molecular formula is C12H13FN4O2. The van der Waals surface area contributed by atoms with Crippen LogP contribution in [0.5, 0.6) is 0 Å². The zero-order chi connectivity index (χ0) is 13.8. The van der Waals surface area contributed by atoms with Crippen molar-refractivity contribution in [2.24, 2.45) is 7.05 Å². The van der Waals surface area contributed by atoms with Gasteiger partial charge in [-0.05, 0) is 18.1 Å². The Kier molecular flexibility index (Phi) is 3.74. The monoisotopic (exact) mass is 264 g/mol. The molecule has 0 saturated heterocycles. The van der Waals surface area contributed by atoms with E-state index in [2.05, 4.69) is 10.4 Å². The highest BCUT2D eigenvalue weighted by molar-refractivity contribution is 5.50. The predicted octanol–water partition coefficient (Wildman–Crippen LogP) is 2.12. The number of nitro benzene ring substituents is 1. The van der Waals surface area contributed by atoms with E-state index < -0.39 is 10.7 Å². The summed E-state index contributed by atoms with van der Waals surface area (Å²) in [6, 6.07) is 3.55. The third-order valence-corrected chi connectivity index (χ3v) is 2.65. The van der Waals surface area contributed by atoms with Crippen LogP contribution in [-0.2, 0) is 13.5 Å². The average Bonchev–Trinajstić information content (AvgIpc) is 2.77. The fourth-order valence-corrected chi connectivity index (χ4v) is 1.70. The summed E-state index contributed by atoms with van der Waals surface area (Å²) in [4.78, 5) is 9.85. The Balaban J connectivity index is 1.94. The number of nitrogens with one attached hydrogen (secondary N) is 1.